The molecule has 1 fully saturated rings. The third kappa shape index (κ3) is 3.87. The average molecular weight is 340 g/mol. The number of esters is 1. The predicted molar refractivity (Wildman–Crippen MR) is 81.3 cm³/mol. The summed E-state index contributed by atoms with van der Waals surface area (Å²) in [6.45, 7) is 3.75. The van der Waals surface area contributed by atoms with Crippen LogP contribution in [0.4, 0.5) is 14.5 Å². The van der Waals surface area contributed by atoms with Gasteiger partial charge in [0.1, 0.15) is 0 Å². The van der Waals surface area contributed by atoms with Crippen LogP contribution in [0.25, 0.3) is 0 Å². The highest BCUT2D eigenvalue weighted by molar-refractivity contribution is 6.02. The van der Waals surface area contributed by atoms with Gasteiger partial charge in [0.2, 0.25) is 11.8 Å². The summed E-state index contributed by atoms with van der Waals surface area (Å²) < 4.78 is 31.7. The van der Waals surface area contributed by atoms with Crippen LogP contribution in [0.2, 0.25) is 0 Å². The van der Waals surface area contributed by atoms with Gasteiger partial charge in [0.15, 0.2) is 11.6 Å². The van der Waals surface area contributed by atoms with Gasteiger partial charge in [0.25, 0.3) is 0 Å². The molecule has 24 heavy (non-hydrogen) atoms. The zero-order valence-electron chi connectivity index (χ0n) is 13.4. The van der Waals surface area contributed by atoms with Crippen molar-refractivity contribution in [1.29, 1.82) is 0 Å². The Morgan fingerprint density at radius 1 is 1.29 bits per heavy atom. The minimum atomic E-state index is -1.21. The molecule has 0 unspecified atom stereocenters. The molecule has 0 bridgehead atoms. The third-order valence-corrected chi connectivity index (χ3v) is 3.82. The second kappa shape index (κ2) is 7.37. The number of carbonyl (C=O) groups excluding carboxylic acids is 3. The first-order chi connectivity index (χ1) is 11.3. The Morgan fingerprint density at radius 2 is 1.96 bits per heavy atom. The monoisotopic (exact) mass is 340 g/mol. The lowest BCUT2D eigenvalue weighted by Gasteiger charge is -2.15. The Kier molecular flexibility index (Phi) is 5.48. The first-order valence-electron chi connectivity index (χ1n) is 7.56. The Hall–Kier alpha value is -2.51. The molecule has 1 atom stereocenters. The molecule has 8 heteroatoms. The van der Waals surface area contributed by atoms with Crippen LogP contribution in [0.3, 0.4) is 0 Å². The molecule has 0 saturated carbocycles. The molecule has 1 heterocycles. The van der Waals surface area contributed by atoms with Crippen molar-refractivity contribution in [2.24, 2.45) is 5.92 Å². The smallest absolute Gasteiger partial charge is 0.340 e. The molecule has 2 amide bonds. The first kappa shape index (κ1) is 17.8. The van der Waals surface area contributed by atoms with Gasteiger partial charge in [-0.25, -0.2) is 13.6 Å². The number of nitrogens with one attached hydrogen (secondary N) is 1. The fraction of sp³-hybridized carbons (Fsp3) is 0.438. The number of carbonyl (C=O) groups is 3. The Morgan fingerprint density at radius 3 is 2.54 bits per heavy atom. The van der Waals surface area contributed by atoms with Crippen molar-refractivity contribution in [2.75, 3.05) is 25.0 Å². The van der Waals surface area contributed by atoms with Crippen LogP contribution < -0.4 is 5.32 Å². The summed E-state index contributed by atoms with van der Waals surface area (Å²) in [5.74, 6) is -4.32. The van der Waals surface area contributed by atoms with E-state index < -0.39 is 29.4 Å². The number of amides is 2. The third-order valence-electron chi connectivity index (χ3n) is 3.82. The average Bonchev–Trinajstić information content (AvgIpc) is 3.01. The van der Waals surface area contributed by atoms with E-state index in [4.69, 9.17) is 4.74 Å². The van der Waals surface area contributed by atoms with Gasteiger partial charge >= 0.3 is 5.97 Å². The van der Waals surface area contributed by atoms with Crippen molar-refractivity contribution >= 4 is 23.5 Å². The highest BCUT2D eigenvalue weighted by Crippen LogP contribution is 2.24. The second-order valence-corrected chi connectivity index (χ2v) is 5.47. The molecule has 0 aromatic heterocycles. The summed E-state index contributed by atoms with van der Waals surface area (Å²) in [4.78, 5) is 37.0. The van der Waals surface area contributed by atoms with Crippen LogP contribution >= 0.6 is 0 Å². The number of nitrogens with zero attached hydrogens (tertiary/aromatic N) is 1. The van der Waals surface area contributed by atoms with Crippen LogP contribution in [0.5, 0.6) is 0 Å². The first-order valence-corrected chi connectivity index (χ1v) is 7.56. The number of benzene rings is 1. The molecule has 1 aliphatic rings. The molecule has 1 aliphatic heterocycles. The van der Waals surface area contributed by atoms with E-state index in [2.05, 4.69) is 5.32 Å². The maximum Gasteiger partial charge on any atom is 0.340 e. The Bertz CT molecular complexity index is 678. The van der Waals surface area contributed by atoms with Crippen molar-refractivity contribution < 1.29 is 27.9 Å². The Labute approximate surface area is 137 Å². The fourth-order valence-electron chi connectivity index (χ4n) is 2.52. The van der Waals surface area contributed by atoms with Gasteiger partial charge in [-0.3, -0.25) is 9.59 Å². The molecule has 1 saturated heterocycles. The van der Waals surface area contributed by atoms with E-state index in [0.717, 1.165) is 6.07 Å². The molecular formula is C16H18F2N2O4. The summed E-state index contributed by atoms with van der Waals surface area (Å²) in [5.41, 5.74) is -0.413. The summed E-state index contributed by atoms with van der Waals surface area (Å²) >= 11 is 0. The molecule has 1 aromatic carbocycles. The van der Waals surface area contributed by atoms with Crippen molar-refractivity contribution in [2.45, 2.75) is 20.3 Å². The lowest BCUT2D eigenvalue weighted by molar-refractivity contribution is -0.128. The van der Waals surface area contributed by atoms with Gasteiger partial charge in [0.05, 0.1) is 23.8 Å². The van der Waals surface area contributed by atoms with Crippen LogP contribution in [-0.2, 0) is 14.3 Å². The maximum absolute atomic E-state index is 13.5. The van der Waals surface area contributed by atoms with Gasteiger partial charge in [-0.05, 0) is 19.4 Å². The van der Waals surface area contributed by atoms with Gasteiger partial charge in [-0.2, -0.15) is 0 Å². The molecular weight excluding hydrogens is 322 g/mol. The van der Waals surface area contributed by atoms with Crippen molar-refractivity contribution in [3.63, 3.8) is 0 Å². The van der Waals surface area contributed by atoms with Crippen molar-refractivity contribution in [1.82, 2.24) is 4.90 Å². The van der Waals surface area contributed by atoms with Crippen LogP contribution in [-0.4, -0.2) is 42.4 Å². The van der Waals surface area contributed by atoms with E-state index in [1.807, 2.05) is 0 Å². The fourth-order valence-corrected chi connectivity index (χ4v) is 2.52. The zero-order chi connectivity index (χ0) is 17.9. The summed E-state index contributed by atoms with van der Waals surface area (Å²) in [7, 11) is 0. The Balaban J connectivity index is 2.19. The van der Waals surface area contributed by atoms with Crippen LogP contribution in [0.15, 0.2) is 12.1 Å². The molecule has 1 N–H and O–H groups in total. The highest BCUT2D eigenvalue weighted by Gasteiger charge is 2.30. The second-order valence-electron chi connectivity index (χ2n) is 5.47. The van der Waals surface area contributed by atoms with Gasteiger partial charge in [-0.1, -0.05) is 0 Å². The number of ether oxygens (including phenoxy) is 1. The topological polar surface area (TPSA) is 75.7 Å². The van der Waals surface area contributed by atoms with E-state index in [1.165, 1.54) is 11.8 Å². The number of rotatable bonds is 4. The number of halogens is 2. The van der Waals surface area contributed by atoms with Crippen LogP contribution in [0, 0.1) is 17.6 Å². The van der Waals surface area contributed by atoms with Crippen LogP contribution in [0.1, 0.15) is 30.6 Å². The summed E-state index contributed by atoms with van der Waals surface area (Å²) in [5, 5.41) is 2.43. The number of likely N-dealkylation sites (tertiary alicyclic amines) is 1. The lowest BCUT2D eigenvalue weighted by atomic mass is 10.1. The number of hydrogen-bond donors (Lipinski definition) is 1. The number of hydrogen-bond acceptors (Lipinski definition) is 4. The summed E-state index contributed by atoms with van der Waals surface area (Å²) in [6.07, 6.45) is 0.462. The normalized spacial score (nSPS) is 16.8. The van der Waals surface area contributed by atoms with E-state index >= 15 is 0 Å². The predicted octanol–water partition coefficient (Wildman–Crippen LogP) is 1.95. The van der Waals surface area contributed by atoms with Crippen molar-refractivity contribution in [3.8, 4) is 0 Å². The molecule has 2 rings (SSSR count). The zero-order valence-corrected chi connectivity index (χ0v) is 13.4. The van der Waals surface area contributed by atoms with Gasteiger partial charge < -0.3 is 15.0 Å². The van der Waals surface area contributed by atoms with E-state index in [-0.39, 0.29) is 30.3 Å². The molecule has 0 aliphatic carbocycles. The van der Waals surface area contributed by atoms with E-state index in [1.54, 1.807) is 6.92 Å². The molecule has 130 valence electrons. The highest BCUT2D eigenvalue weighted by atomic mass is 19.2. The van der Waals surface area contributed by atoms with Gasteiger partial charge in [-0.15, -0.1) is 0 Å². The number of anilines is 1. The molecule has 0 radical (unpaired) electrons. The lowest BCUT2D eigenvalue weighted by Crippen LogP contribution is -2.30. The van der Waals surface area contributed by atoms with E-state index in [9.17, 15) is 23.2 Å². The minimum absolute atomic E-state index is 0.0570. The maximum atomic E-state index is 13.5. The van der Waals surface area contributed by atoms with Crippen molar-refractivity contribution in [3.05, 3.63) is 29.3 Å². The quantitative estimate of drug-likeness (QED) is 0.850. The largest absolute Gasteiger partial charge is 0.462 e. The SMILES string of the molecule is CCOC(=O)c1cc(F)c(F)cc1NC(=O)[C@H]1CCN(C(C)=O)C1. The standard InChI is InChI=1S/C16H18F2N2O4/c1-3-24-16(23)11-6-12(17)13(18)7-14(11)19-15(22)10-4-5-20(8-10)9(2)21/h6-7,10H,3-5,8H2,1-2H3,(H,19,22)/t10-/m0/s1. The minimum Gasteiger partial charge on any atom is -0.462 e. The van der Waals surface area contributed by atoms with Gasteiger partial charge in [0, 0.05) is 26.1 Å². The molecule has 0 spiro atoms. The molecule has 1 aromatic rings. The summed E-state index contributed by atoms with van der Waals surface area (Å²) in [6, 6.07) is 1.44. The molecule has 6 nitrogen and oxygen atoms in total. The van der Waals surface area contributed by atoms with E-state index in [0.29, 0.717) is 19.0 Å².